The average Bonchev–Trinajstić information content (AvgIpc) is 2.18. The van der Waals surface area contributed by atoms with E-state index < -0.39 is 0 Å². The van der Waals surface area contributed by atoms with Crippen LogP contribution in [0.5, 0.6) is 0 Å². The molecule has 84 valence electrons. The van der Waals surface area contributed by atoms with Crippen LogP contribution in [-0.2, 0) is 6.54 Å². The van der Waals surface area contributed by atoms with Gasteiger partial charge in [-0.05, 0) is 18.7 Å². The Balaban J connectivity index is 2.21. The lowest BCUT2D eigenvalue weighted by molar-refractivity contribution is 0.319. The maximum absolute atomic E-state index is 3.85. The van der Waals surface area contributed by atoms with Crippen LogP contribution in [0.3, 0.4) is 0 Å². The Kier molecular flexibility index (Phi) is 5.21. The topological polar surface area (TPSA) is 41.0 Å². The van der Waals surface area contributed by atoms with Gasteiger partial charge < -0.3 is 10.2 Å². The Bertz CT molecular complexity index is 261. The van der Waals surface area contributed by atoms with Crippen molar-refractivity contribution < 1.29 is 0 Å². The van der Waals surface area contributed by atoms with Gasteiger partial charge in [-0.15, -0.1) is 0 Å². The van der Waals surface area contributed by atoms with E-state index in [0.717, 1.165) is 19.6 Å². The molecule has 0 bridgehead atoms. The molecule has 4 nitrogen and oxygen atoms in total. The highest BCUT2D eigenvalue weighted by Gasteiger charge is 2.00. The molecule has 1 N–H and O–H groups in total. The lowest BCUT2D eigenvalue weighted by Crippen LogP contribution is -2.32. The van der Waals surface area contributed by atoms with E-state index in [0.29, 0.717) is 6.04 Å². The lowest BCUT2D eigenvalue weighted by Gasteiger charge is -2.17. The van der Waals surface area contributed by atoms with Gasteiger partial charge in [-0.2, -0.15) is 10.2 Å². The van der Waals surface area contributed by atoms with E-state index in [1.54, 1.807) is 6.20 Å². The van der Waals surface area contributed by atoms with Crippen LogP contribution in [0.1, 0.15) is 19.4 Å². The molecule has 1 heterocycles. The highest BCUT2D eigenvalue weighted by Crippen LogP contribution is 1.98. The minimum Gasteiger partial charge on any atom is -0.313 e. The van der Waals surface area contributed by atoms with Crippen molar-refractivity contribution in [3.8, 4) is 0 Å². The normalized spacial score (nSPS) is 11.3. The Hall–Kier alpha value is -1.00. The van der Waals surface area contributed by atoms with Crippen LogP contribution < -0.4 is 5.32 Å². The van der Waals surface area contributed by atoms with E-state index in [2.05, 4.69) is 41.3 Å². The van der Waals surface area contributed by atoms with Crippen LogP contribution in [-0.4, -0.2) is 41.3 Å². The molecule has 0 spiro atoms. The quantitative estimate of drug-likeness (QED) is 0.754. The summed E-state index contributed by atoms with van der Waals surface area (Å²) in [5.41, 5.74) is 1.21. The number of likely N-dealkylation sites (N-methyl/N-ethyl adjacent to an activating group) is 1. The number of nitrogens with one attached hydrogen (secondary N) is 1. The first-order chi connectivity index (χ1) is 7.18. The van der Waals surface area contributed by atoms with Crippen LogP contribution in [0.25, 0.3) is 0 Å². The summed E-state index contributed by atoms with van der Waals surface area (Å²) >= 11 is 0. The summed E-state index contributed by atoms with van der Waals surface area (Å²) < 4.78 is 0. The van der Waals surface area contributed by atoms with Crippen molar-refractivity contribution in [1.82, 2.24) is 20.4 Å². The van der Waals surface area contributed by atoms with Crippen LogP contribution in [0.4, 0.5) is 0 Å². The van der Waals surface area contributed by atoms with Gasteiger partial charge in [0.05, 0.1) is 6.20 Å². The van der Waals surface area contributed by atoms with Crippen molar-refractivity contribution in [3.63, 3.8) is 0 Å². The molecule has 0 aromatic carbocycles. The molecule has 0 saturated carbocycles. The highest BCUT2D eigenvalue weighted by molar-refractivity contribution is 5.04. The first kappa shape index (κ1) is 12.1. The molecular weight excluding hydrogens is 188 g/mol. The largest absolute Gasteiger partial charge is 0.313 e. The Morgan fingerprint density at radius 2 is 2.20 bits per heavy atom. The highest BCUT2D eigenvalue weighted by atomic mass is 15.1. The van der Waals surface area contributed by atoms with Crippen LogP contribution in [0.2, 0.25) is 0 Å². The Morgan fingerprint density at radius 3 is 2.80 bits per heavy atom. The van der Waals surface area contributed by atoms with Crippen molar-refractivity contribution in [3.05, 3.63) is 24.0 Å². The lowest BCUT2D eigenvalue weighted by atomic mass is 10.3. The Morgan fingerprint density at radius 1 is 1.40 bits per heavy atom. The summed E-state index contributed by atoms with van der Waals surface area (Å²) in [4.78, 5) is 2.27. The molecular formula is C11H20N4. The molecule has 0 fully saturated rings. The average molecular weight is 208 g/mol. The smallest absolute Gasteiger partial charge is 0.0541 e. The van der Waals surface area contributed by atoms with E-state index in [1.165, 1.54) is 5.56 Å². The first-order valence-corrected chi connectivity index (χ1v) is 5.36. The number of rotatable bonds is 6. The summed E-state index contributed by atoms with van der Waals surface area (Å²) in [5, 5.41) is 11.0. The van der Waals surface area contributed by atoms with Crippen molar-refractivity contribution in [2.75, 3.05) is 20.1 Å². The summed E-state index contributed by atoms with van der Waals surface area (Å²) in [6, 6.07) is 2.56. The van der Waals surface area contributed by atoms with Gasteiger partial charge in [0.15, 0.2) is 0 Å². The number of aromatic nitrogens is 2. The second-order valence-corrected chi connectivity index (χ2v) is 4.10. The monoisotopic (exact) mass is 208 g/mol. The molecule has 0 aliphatic carbocycles. The van der Waals surface area contributed by atoms with Crippen LogP contribution in [0.15, 0.2) is 18.5 Å². The summed E-state index contributed by atoms with van der Waals surface area (Å²) in [6.07, 6.45) is 3.54. The molecule has 0 unspecified atom stereocenters. The van der Waals surface area contributed by atoms with E-state index in [9.17, 15) is 0 Å². The van der Waals surface area contributed by atoms with Gasteiger partial charge in [0.1, 0.15) is 0 Å². The first-order valence-electron chi connectivity index (χ1n) is 5.36. The van der Waals surface area contributed by atoms with Crippen LogP contribution >= 0.6 is 0 Å². The van der Waals surface area contributed by atoms with Gasteiger partial charge in [0.2, 0.25) is 0 Å². The fraction of sp³-hybridized carbons (Fsp3) is 0.636. The number of hydrogen-bond donors (Lipinski definition) is 1. The molecule has 4 heteroatoms. The standard InChI is InChI=1S/C11H20N4/c1-10(2)12-6-7-15(3)9-11-4-5-13-14-8-11/h4-5,8,10,12H,6-7,9H2,1-3H3. The molecule has 0 aliphatic rings. The van der Waals surface area contributed by atoms with Crippen molar-refractivity contribution in [2.24, 2.45) is 0 Å². The minimum absolute atomic E-state index is 0.556. The zero-order valence-electron chi connectivity index (χ0n) is 9.77. The third kappa shape index (κ3) is 5.44. The summed E-state index contributed by atoms with van der Waals surface area (Å²) in [7, 11) is 2.11. The second kappa shape index (κ2) is 6.48. The molecule has 1 aromatic rings. The molecule has 15 heavy (non-hydrogen) atoms. The van der Waals surface area contributed by atoms with E-state index in [-0.39, 0.29) is 0 Å². The molecule has 0 saturated heterocycles. The molecule has 0 amide bonds. The second-order valence-electron chi connectivity index (χ2n) is 4.10. The van der Waals surface area contributed by atoms with E-state index >= 15 is 0 Å². The predicted molar refractivity (Wildman–Crippen MR) is 61.5 cm³/mol. The van der Waals surface area contributed by atoms with Crippen molar-refractivity contribution in [2.45, 2.75) is 26.4 Å². The summed E-state index contributed by atoms with van der Waals surface area (Å²) in [5.74, 6) is 0. The van der Waals surface area contributed by atoms with Gasteiger partial charge in [-0.1, -0.05) is 13.8 Å². The third-order valence-corrected chi connectivity index (χ3v) is 2.14. The zero-order chi connectivity index (χ0) is 11.1. The summed E-state index contributed by atoms with van der Waals surface area (Å²) in [6.45, 7) is 7.31. The van der Waals surface area contributed by atoms with Gasteiger partial charge in [-0.25, -0.2) is 0 Å². The van der Waals surface area contributed by atoms with Gasteiger partial charge in [0, 0.05) is 31.9 Å². The molecule has 0 aliphatic heterocycles. The van der Waals surface area contributed by atoms with Crippen LogP contribution in [0, 0.1) is 0 Å². The fourth-order valence-electron chi connectivity index (χ4n) is 1.35. The van der Waals surface area contributed by atoms with Gasteiger partial charge >= 0.3 is 0 Å². The molecule has 1 rings (SSSR count). The third-order valence-electron chi connectivity index (χ3n) is 2.14. The zero-order valence-corrected chi connectivity index (χ0v) is 9.77. The molecule has 1 aromatic heterocycles. The fourth-order valence-corrected chi connectivity index (χ4v) is 1.35. The maximum Gasteiger partial charge on any atom is 0.0541 e. The molecule has 0 radical (unpaired) electrons. The number of nitrogens with zero attached hydrogens (tertiary/aromatic N) is 3. The van der Waals surface area contributed by atoms with Crippen molar-refractivity contribution in [1.29, 1.82) is 0 Å². The molecule has 0 atom stereocenters. The van der Waals surface area contributed by atoms with Gasteiger partial charge in [0.25, 0.3) is 0 Å². The van der Waals surface area contributed by atoms with E-state index in [4.69, 9.17) is 0 Å². The van der Waals surface area contributed by atoms with Gasteiger partial charge in [-0.3, -0.25) is 0 Å². The van der Waals surface area contributed by atoms with E-state index in [1.807, 2.05) is 12.3 Å². The SMILES string of the molecule is CC(C)NCCN(C)Cc1ccnnc1. The Labute approximate surface area is 91.7 Å². The predicted octanol–water partition coefficient (Wildman–Crippen LogP) is 0.906. The maximum atomic E-state index is 3.85. The van der Waals surface area contributed by atoms with Crippen molar-refractivity contribution >= 4 is 0 Å². The number of hydrogen-bond acceptors (Lipinski definition) is 4. The minimum atomic E-state index is 0.556.